The Kier molecular flexibility index (Phi) is 5.40. The summed E-state index contributed by atoms with van der Waals surface area (Å²) < 4.78 is 23.8. The molecule has 0 amide bonds. The fourth-order valence-electron chi connectivity index (χ4n) is 1.88. The molecule has 0 aliphatic heterocycles. The molecule has 23 heavy (non-hydrogen) atoms. The zero-order valence-electron chi connectivity index (χ0n) is 14.4. The first-order valence-corrected chi connectivity index (χ1v) is 7.31. The summed E-state index contributed by atoms with van der Waals surface area (Å²) in [6.07, 6.45) is 0. The van der Waals surface area contributed by atoms with Gasteiger partial charge in [-0.15, -0.1) is 0 Å². The van der Waals surface area contributed by atoms with Gasteiger partial charge in [-0.25, -0.2) is 4.39 Å². The lowest BCUT2D eigenvalue weighted by atomic mass is 9.96. The molecule has 0 spiro atoms. The summed E-state index contributed by atoms with van der Waals surface area (Å²) in [6, 6.07) is 3.48. The summed E-state index contributed by atoms with van der Waals surface area (Å²) in [4.78, 5) is 24.9. The number of nitrogen functional groups attached to an aromatic ring is 1. The first-order chi connectivity index (χ1) is 10.3. The van der Waals surface area contributed by atoms with Gasteiger partial charge in [0.1, 0.15) is 17.0 Å². The second-order valence-corrected chi connectivity index (χ2v) is 7.27. The SMILES string of the molecule is CC(C)(C)OC(=O)C(C(=O)OC(C)(C)C)c1ccc(F)cc1N. The number of halogens is 1. The Balaban J connectivity index is 3.25. The highest BCUT2D eigenvalue weighted by atomic mass is 19.1. The lowest BCUT2D eigenvalue weighted by Gasteiger charge is -2.27. The van der Waals surface area contributed by atoms with Crippen molar-refractivity contribution in [3.63, 3.8) is 0 Å². The van der Waals surface area contributed by atoms with Crippen LogP contribution in [0.5, 0.6) is 0 Å². The van der Waals surface area contributed by atoms with E-state index < -0.39 is 34.9 Å². The molecule has 0 aliphatic rings. The quantitative estimate of drug-likeness (QED) is 0.524. The third-order valence-corrected chi connectivity index (χ3v) is 2.64. The van der Waals surface area contributed by atoms with Gasteiger partial charge in [-0.05, 0) is 53.7 Å². The minimum atomic E-state index is -1.37. The molecule has 1 rings (SSSR count). The minimum absolute atomic E-state index is 0.00767. The summed E-state index contributed by atoms with van der Waals surface area (Å²) in [6.45, 7) is 10.1. The van der Waals surface area contributed by atoms with E-state index in [4.69, 9.17) is 15.2 Å². The van der Waals surface area contributed by atoms with Crippen LogP contribution >= 0.6 is 0 Å². The van der Waals surface area contributed by atoms with Gasteiger partial charge in [0.15, 0.2) is 5.92 Å². The Hall–Kier alpha value is -2.11. The van der Waals surface area contributed by atoms with Crippen LogP contribution in [0.3, 0.4) is 0 Å². The van der Waals surface area contributed by atoms with Crippen LogP contribution in [0.25, 0.3) is 0 Å². The molecule has 2 N–H and O–H groups in total. The first kappa shape index (κ1) is 18.9. The van der Waals surface area contributed by atoms with Crippen LogP contribution in [0, 0.1) is 5.82 Å². The highest BCUT2D eigenvalue weighted by Gasteiger charge is 2.37. The molecule has 5 nitrogen and oxygen atoms in total. The van der Waals surface area contributed by atoms with Crippen LogP contribution in [0.4, 0.5) is 10.1 Å². The van der Waals surface area contributed by atoms with Crippen molar-refractivity contribution in [1.82, 2.24) is 0 Å². The van der Waals surface area contributed by atoms with Crippen molar-refractivity contribution < 1.29 is 23.5 Å². The van der Waals surface area contributed by atoms with E-state index in [2.05, 4.69) is 0 Å². The smallest absolute Gasteiger partial charge is 0.325 e. The van der Waals surface area contributed by atoms with Gasteiger partial charge in [0.25, 0.3) is 0 Å². The van der Waals surface area contributed by atoms with E-state index in [1.165, 1.54) is 6.07 Å². The van der Waals surface area contributed by atoms with E-state index in [0.717, 1.165) is 12.1 Å². The van der Waals surface area contributed by atoms with E-state index in [-0.39, 0.29) is 11.3 Å². The number of ether oxygens (including phenoxy) is 2. The van der Waals surface area contributed by atoms with Crippen LogP contribution < -0.4 is 5.73 Å². The zero-order chi connectivity index (χ0) is 18.0. The third-order valence-electron chi connectivity index (χ3n) is 2.64. The molecule has 0 bridgehead atoms. The fourth-order valence-corrected chi connectivity index (χ4v) is 1.88. The summed E-state index contributed by atoms with van der Waals surface area (Å²) in [5.41, 5.74) is 4.35. The molecule has 0 aromatic heterocycles. The van der Waals surface area contributed by atoms with E-state index in [0.29, 0.717) is 0 Å². The molecule has 0 radical (unpaired) electrons. The zero-order valence-corrected chi connectivity index (χ0v) is 14.4. The number of hydrogen-bond acceptors (Lipinski definition) is 5. The van der Waals surface area contributed by atoms with Crippen molar-refractivity contribution in [3.8, 4) is 0 Å². The molecule has 0 atom stereocenters. The first-order valence-electron chi connectivity index (χ1n) is 7.31. The molecule has 6 heteroatoms. The Labute approximate surface area is 136 Å². The Bertz CT molecular complexity index is 572. The molecule has 0 fully saturated rings. The summed E-state index contributed by atoms with van der Waals surface area (Å²) in [5.74, 6) is -3.50. The monoisotopic (exact) mass is 325 g/mol. The molecule has 0 heterocycles. The fraction of sp³-hybridized carbons (Fsp3) is 0.529. The van der Waals surface area contributed by atoms with Crippen LogP contribution in [-0.4, -0.2) is 23.1 Å². The maximum absolute atomic E-state index is 13.2. The predicted octanol–water partition coefficient (Wildman–Crippen LogP) is 3.17. The van der Waals surface area contributed by atoms with Gasteiger partial charge in [0.05, 0.1) is 0 Å². The molecule has 1 aromatic carbocycles. The van der Waals surface area contributed by atoms with Crippen LogP contribution in [0.2, 0.25) is 0 Å². The lowest BCUT2D eigenvalue weighted by molar-refractivity contribution is -0.169. The number of nitrogens with two attached hydrogens (primary N) is 1. The van der Waals surface area contributed by atoms with Gasteiger partial charge in [0.2, 0.25) is 0 Å². The van der Waals surface area contributed by atoms with Crippen molar-refractivity contribution >= 4 is 17.6 Å². The number of anilines is 1. The van der Waals surface area contributed by atoms with E-state index in [1.807, 2.05) is 0 Å². The topological polar surface area (TPSA) is 78.6 Å². The maximum Gasteiger partial charge on any atom is 0.325 e. The standard InChI is InChI=1S/C17H24FNO4/c1-16(2,3)22-14(20)13(15(21)23-17(4,5)6)11-8-7-10(18)9-12(11)19/h7-9,13H,19H2,1-6H3. The molecule has 0 saturated carbocycles. The number of rotatable bonds is 3. The molecule has 1 aromatic rings. The number of hydrogen-bond donors (Lipinski definition) is 1. The van der Waals surface area contributed by atoms with Crippen molar-refractivity contribution in [2.45, 2.75) is 58.7 Å². The summed E-state index contributed by atoms with van der Waals surface area (Å²) in [5, 5.41) is 0. The number of esters is 2. The highest BCUT2D eigenvalue weighted by molar-refractivity contribution is 6.02. The van der Waals surface area contributed by atoms with E-state index in [9.17, 15) is 14.0 Å². The Morgan fingerprint density at radius 3 is 1.78 bits per heavy atom. The predicted molar refractivity (Wildman–Crippen MR) is 85.2 cm³/mol. The average molecular weight is 325 g/mol. The largest absolute Gasteiger partial charge is 0.459 e. The Morgan fingerprint density at radius 1 is 1.00 bits per heavy atom. The molecule has 128 valence electrons. The lowest BCUT2D eigenvalue weighted by Crippen LogP contribution is -2.35. The van der Waals surface area contributed by atoms with Gasteiger partial charge < -0.3 is 15.2 Å². The van der Waals surface area contributed by atoms with E-state index in [1.54, 1.807) is 41.5 Å². The second-order valence-electron chi connectivity index (χ2n) is 7.27. The summed E-state index contributed by atoms with van der Waals surface area (Å²) in [7, 11) is 0. The molecular weight excluding hydrogens is 301 g/mol. The van der Waals surface area contributed by atoms with Crippen molar-refractivity contribution in [2.24, 2.45) is 0 Å². The van der Waals surface area contributed by atoms with Crippen LogP contribution in [0.1, 0.15) is 53.0 Å². The molecule has 0 unspecified atom stereocenters. The van der Waals surface area contributed by atoms with Crippen LogP contribution in [0.15, 0.2) is 18.2 Å². The number of carbonyl (C=O) groups is 2. The molecule has 0 aliphatic carbocycles. The number of carbonyl (C=O) groups excluding carboxylic acids is 2. The maximum atomic E-state index is 13.2. The number of benzene rings is 1. The summed E-state index contributed by atoms with van der Waals surface area (Å²) >= 11 is 0. The highest BCUT2D eigenvalue weighted by Crippen LogP contribution is 2.29. The van der Waals surface area contributed by atoms with Gasteiger partial charge in [0, 0.05) is 11.3 Å². The van der Waals surface area contributed by atoms with Crippen LogP contribution in [-0.2, 0) is 19.1 Å². The normalized spacial score (nSPS) is 12.2. The minimum Gasteiger partial charge on any atom is -0.459 e. The second kappa shape index (κ2) is 6.56. The molecule has 0 saturated heterocycles. The molecular formula is C17H24FNO4. The third kappa shape index (κ3) is 5.88. The van der Waals surface area contributed by atoms with E-state index >= 15 is 0 Å². The van der Waals surface area contributed by atoms with Gasteiger partial charge in [-0.1, -0.05) is 6.07 Å². The average Bonchev–Trinajstić information content (AvgIpc) is 2.27. The Morgan fingerprint density at radius 2 is 1.43 bits per heavy atom. The van der Waals surface area contributed by atoms with Gasteiger partial charge in [-0.2, -0.15) is 0 Å². The van der Waals surface area contributed by atoms with Gasteiger partial charge in [-0.3, -0.25) is 9.59 Å². The van der Waals surface area contributed by atoms with Crippen molar-refractivity contribution in [1.29, 1.82) is 0 Å². The van der Waals surface area contributed by atoms with Gasteiger partial charge >= 0.3 is 11.9 Å². The van der Waals surface area contributed by atoms with Crippen molar-refractivity contribution in [2.75, 3.05) is 5.73 Å². The van der Waals surface area contributed by atoms with Crippen molar-refractivity contribution in [3.05, 3.63) is 29.6 Å².